The summed E-state index contributed by atoms with van der Waals surface area (Å²) in [5.41, 5.74) is 0. The van der Waals surface area contributed by atoms with E-state index in [1.54, 1.807) is 0 Å². The van der Waals surface area contributed by atoms with E-state index in [-0.39, 0.29) is 0 Å². The van der Waals surface area contributed by atoms with E-state index in [2.05, 4.69) is 6.92 Å². The molecule has 1 aliphatic carbocycles. The molecule has 1 fully saturated rings. The van der Waals surface area contributed by atoms with Crippen LogP contribution in [-0.2, 0) is 4.74 Å². The van der Waals surface area contributed by atoms with E-state index in [9.17, 15) is 0 Å². The summed E-state index contributed by atoms with van der Waals surface area (Å²) in [5, 5.41) is 0. The highest BCUT2D eigenvalue weighted by atomic mass is 16.5. The molecule has 0 atom stereocenters. The zero-order valence-corrected chi connectivity index (χ0v) is 8.94. The van der Waals surface area contributed by atoms with E-state index in [0.29, 0.717) is 6.10 Å². The van der Waals surface area contributed by atoms with E-state index < -0.39 is 0 Å². The first-order valence-electron chi connectivity index (χ1n) is 5.55. The SMILES string of the molecule is CC.CCCOC1CCCCC1. The van der Waals surface area contributed by atoms with Crippen molar-refractivity contribution >= 4 is 0 Å². The highest BCUT2D eigenvalue weighted by molar-refractivity contribution is 4.64. The molecule has 0 aliphatic heterocycles. The molecule has 0 spiro atoms. The lowest BCUT2D eigenvalue weighted by Crippen LogP contribution is -2.16. The van der Waals surface area contributed by atoms with Crippen molar-refractivity contribution in [3.05, 3.63) is 0 Å². The van der Waals surface area contributed by atoms with Crippen LogP contribution in [0.3, 0.4) is 0 Å². The summed E-state index contributed by atoms with van der Waals surface area (Å²) in [5.74, 6) is 0. The van der Waals surface area contributed by atoms with Crippen LogP contribution >= 0.6 is 0 Å². The predicted octanol–water partition coefficient (Wildman–Crippen LogP) is 3.77. The average molecular weight is 172 g/mol. The zero-order valence-electron chi connectivity index (χ0n) is 8.94. The average Bonchev–Trinajstić information content (AvgIpc) is 2.19. The van der Waals surface area contributed by atoms with Crippen molar-refractivity contribution in [1.29, 1.82) is 0 Å². The maximum Gasteiger partial charge on any atom is 0.0575 e. The zero-order chi connectivity index (χ0) is 9.23. The molecule has 1 aliphatic rings. The Balaban J connectivity index is 0.000000561. The molecule has 1 heteroatoms. The number of ether oxygens (including phenoxy) is 1. The van der Waals surface area contributed by atoms with Gasteiger partial charge < -0.3 is 4.74 Å². The third-order valence-electron chi connectivity index (χ3n) is 2.11. The molecule has 0 amide bonds. The van der Waals surface area contributed by atoms with Gasteiger partial charge in [0.05, 0.1) is 6.10 Å². The van der Waals surface area contributed by atoms with Gasteiger partial charge >= 0.3 is 0 Å². The van der Waals surface area contributed by atoms with Gasteiger partial charge in [0.15, 0.2) is 0 Å². The molecule has 0 aromatic heterocycles. The van der Waals surface area contributed by atoms with Crippen LogP contribution in [0.15, 0.2) is 0 Å². The molecule has 0 aromatic rings. The van der Waals surface area contributed by atoms with Crippen LogP contribution in [-0.4, -0.2) is 12.7 Å². The Morgan fingerprint density at radius 3 is 2.17 bits per heavy atom. The van der Waals surface area contributed by atoms with Crippen LogP contribution in [0, 0.1) is 0 Å². The number of hydrogen-bond acceptors (Lipinski definition) is 1. The smallest absolute Gasteiger partial charge is 0.0575 e. The summed E-state index contributed by atoms with van der Waals surface area (Å²) in [7, 11) is 0. The lowest BCUT2D eigenvalue weighted by Gasteiger charge is -2.21. The molecule has 0 aromatic carbocycles. The Hall–Kier alpha value is -0.0400. The molecule has 0 unspecified atom stereocenters. The fraction of sp³-hybridized carbons (Fsp3) is 1.00. The molecule has 12 heavy (non-hydrogen) atoms. The summed E-state index contributed by atoms with van der Waals surface area (Å²) < 4.78 is 5.63. The summed E-state index contributed by atoms with van der Waals surface area (Å²) in [6.07, 6.45) is 8.57. The van der Waals surface area contributed by atoms with Gasteiger partial charge in [0.1, 0.15) is 0 Å². The molecule has 1 rings (SSSR count). The lowest BCUT2D eigenvalue weighted by atomic mass is 9.98. The van der Waals surface area contributed by atoms with Gasteiger partial charge in [0.2, 0.25) is 0 Å². The molecular formula is C11H24O. The molecule has 0 radical (unpaired) electrons. The normalized spacial score (nSPS) is 18.2. The first kappa shape index (κ1) is 12.0. The summed E-state index contributed by atoms with van der Waals surface area (Å²) in [4.78, 5) is 0. The Morgan fingerprint density at radius 1 is 1.08 bits per heavy atom. The molecule has 74 valence electrons. The van der Waals surface area contributed by atoms with Gasteiger partial charge in [-0.2, -0.15) is 0 Å². The number of hydrogen-bond donors (Lipinski definition) is 0. The molecule has 0 saturated heterocycles. The van der Waals surface area contributed by atoms with Gasteiger partial charge in [-0.3, -0.25) is 0 Å². The molecule has 0 heterocycles. The Kier molecular flexibility index (Phi) is 9.02. The van der Waals surface area contributed by atoms with Gasteiger partial charge in [0, 0.05) is 6.61 Å². The second-order valence-corrected chi connectivity index (χ2v) is 3.13. The summed E-state index contributed by atoms with van der Waals surface area (Å²) in [6.45, 7) is 7.13. The van der Waals surface area contributed by atoms with E-state index >= 15 is 0 Å². The molecule has 1 nitrogen and oxygen atoms in total. The van der Waals surface area contributed by atoms with E-state index in [1.165, 1.54) is 32.1 Å². The lowest BCUT2D eigenvalue weighted by molar-refractivity contribution is 0.0289. The monoisotopic (exact) mass is 172 g/mol. The topological polar surface area (TPSA) is 9.23 Å². The van der Waals surface area contributed by atoms with Crippen LogP contribution in [0.2, 0.25) is 0 Å². The second kappa shape index (κ2) is 9.05. The van der Waals surface area contributed by atoms with Crippen molar-refractivity contribution in [1.82, 2.24) is 0 Å². The van der Waals surface area contributed by atoms with E-state index in [1.807, 2.05) is 13.8 Å². The first-order valence-corrected chi connectivity index (χ1v) is 5.55. The quantitative estimate of drug-likeness (QED) is 0.629. The minimum absolute atomic E-state index is 0.605. The summed E-state index contributed by atoms with van der Waals surface area (Å²) >= 11 is 0. The highest BCUT2D eigenvalue weighted by Crippen LogP contribution is 2.20. The fourth-order valence-corrected chi connectivity index (χ4v) is 1.52. The van der Waals surface area contributed by atoms with Crippen molar-refractivity contribution < 1.29 is 4.74 Å². The Labute approximate surface area is 77.5 Å². The van der Waals surface area contributed by atoms with Gasteiger partial charge in [-0.1, -0.05) is 40.0 Å². The van der Waals surface area contributed by atoms with Crippen molar-refractivity contribution in [3.8, 4) is 0 Å². The fourth-order valence-electron chi connectivity index (χ4n) is 1.52. The predicted molar refractivity (Wildman–Crippen MR) is 54.5 cm³/mol. The molecule has 0 N–H and O–H groups in total. The highest BCUT2D eigenvalue weighted by Gasteiger charge is 2.12. The van der Waals surface area contributed by atoms with Crippen LogP contribution < -0.4 is 0 Å². The van der Waals surface area contributed by atoms with Crippen molar-refractivity contribution in [2.24, 2.45) is 0 Å². The Bertz CT molecular complexity index is 75.1. The minimum Gasteiger partial charge on any atom is -0.378 e. The van der Waals surface area contributed by atoms with Crippen LogP contribution in [0.5, 0.6) is 0 Å². The number of rotatable bonds is 3. The maximum absolute atomic E-state index is 5.63. The van der Waals surface area contributed by atoms with Crippen molar-refractivity contribution in [2.75, 3.05) is 6.61 Å². The van der Waals surface area contributed by atoms with Gasteiger partial charge in [-0.25, -0.2) is 0 Å². The second-order valence-electron chi connectivity index (χ2n) is 3.13. The van der Waals surface area contributed by atoms with E-state index in [0.717, 1.165) is 13.0 Å². The standard InChI is InChI=1S/C9H18O.C2H6/c1-2-8-10-9-6-4-3-5-7-9;1-2/h9H,2-8H2,1H3;1-2H3. The maximum atomic E-state index is 5.63. The van der Waals surface area contributed by atoms with Gasteiger partial charge in [-0.05, 0) is 19.3 Å². The summed E-state index contributed by atoms with van der Waals surface area (Å²) in [6, 6.07) is 0. The molecule has 1 saturated carbocycles. The largest absolute Gasteiger partial charge is 0.378 e. The Morgan fingerprint density at radius 2 is 1.67 bits per heavy atom. The molecular weight excluding hydrogens is 148 g/mol. The third-order valence-corrected chi connectivity index (χ3v) is 2.11. The van der Waals surface area contributed by atoms with Crippen molar-refractivity contribution in [2.45, 2.75) is 65.4 Å². The van der Waals surface area contributed by atoms with Gasteiger partial charge in [0.25, 0.3) is 0 Å². The van der Waals surface area contributed by atoms with Crippen molar-refractivity contribution in [3.63, 3.8) is 0 Å². The minimum atomic E-state index is 0.605. The third kappa shape index (κ3) is 5.59. The molecule has 0 bridgehead atoms. The van der Waals surface area contributed by atoms with Crippen LogP contribution in [0.1, 0.15) is 59.3 Å². The first-order chi connectivity index (χ1) is 5.93. The van der Waals surface area contributed by atoms with E-state index in [4.69, 9.17) is 4.74 Å². The van der Waals surface area contributed by atoms with Gasteiger partial charge in [-0.15, -0.1) is 0 Å². The van der Waals surface area contributed by atoms with Crippen LogP contribution in [0.4, 0.5) is 0 Å². The van der Waals surface area contributed by atoms with Crippen LogP contribution in [0.25, 0.3) is 0 Å².